The van der Waals surface area contributed by atoms with Crippen molar-refractivity contribution in [1.29, 1.82) is 0 Å². The summed E-state index contributed by atoms with van der Waals surface area (Å²) in [6.07, 6.45) is 0.948. The van der Waals surface area contributed by atoms with Crippen molar-refractivity contribution in [3.05, 3.63) is 57.5 Å². The Morgan fingerprint density at radius 3 is 2.74 bits per heavy atom. The van der Waals surface area contributed by atoms with Gasteiger partial charge in [0.25, 0.3) is 0 Å². The summed E-state index contributed by atoms with van der Waals surface area (Å²) in [7, 11) is 0. The summed E-state index contributed by atoms with van der Waals surface area (Å²) in [5, 5.41) is 10.1. The van der Waals surface area contributed by atoms with Crippen molar-refractivity contribution in [3.63, 3.8) is 0 Å². The highest BCUT2D eigenvalue weighted by Crippen LogP contribution is 2.28. The summed E-state index contributed by atoms with van der Waals surface area (Å²) in [6, 6.07) is 4.10. The van der Waals surface area contributed by atoms with Gasteiger partial charge in [-0.15, -0.1) is 0 Å². The van der Waals surface area contributed by atoms with Crippen molar-refractivity contribution in [3.8, 4) is 0 Å². The average Bonchev–Trinajstić information content (AvgIpc) is 2.87. The molecule has 1 N–H and O–H groups in total. The first kappa shape index (κ1) is 14.2. The SMILES string of the molecule is CCc1occc1C(O)Cc1c(F)ccc(Br)c1F. The summed E-state index contributed by atoms with van der Waals surface area (Å²) >= 11 is 3.01. The number of halogens is 3. The van der Waals surface area contributed by atoms with E-state index in [1.54, 1.807) is 6.07 Å². The molecule has 1 aromatic heterocycles. The van der Waals surface area contributed by atoms with Crippen molar-refractivity contribution in [1.82, 2.24) is 0 Å². The van der Waals surface area contributed by atoms with E-state index in [0.717, 1.165) is 0 Å². The van der Waals surface area contributed by atoms with Crippen LogP contribution in [0.4, 0.5) is 8.78 Å². The maximum absolute atomic E-state index is 13.8. The first-order valence-corrected chi connectivity index (χ1v) is 6.70. The zero-order valence-electron chi connectivity index (χ0n) is 10.3. The number of hydrogen-bond donors (Lipinski definition) is 1. The predicted molar refractivity (Wildman–Crippen MR) is 70.8 cm³/mol. The fourth-order valence-electron chi connectivity index (χ4n) is 1.99. The molecular formula is C14H13BrF2O2. The van der Waals surface area contributed by atoms with Crippen LogP contribution in [0.2, 0.25) is 0 Å². The normalized spacial score (nSPS) is 12.7. The largest absolute Gasteiger partial charge is 0.469 e. The van der Waals surface area contributed by atoms with Crippen LogP contribution in [0.1, 0.15) is 29.9 Å². The molecule has 0 spiro atoms. The molecule has 0 radical (unpaired) electrons. The van der Waals surface area contributed by atoms with Gasteiger partial charge in [-0.3, -0.25) is 0 Å². The molecule has 0 bridgehead atoms. The maximum Gasteiger partial charge on any atom is 0.143 e. The molecule has 0 saturated carbocycles. The first-order valence-electron chi connectivity index (χ1n) is 5.91. The van der Waals surface area contributed by atoms with Gasteiger partial charge < -0.3 is 9.52 Å². The minimum Gasteiger partial charge on any atom is -0.469 e. The number of hydrogen-bond acceptors (Lipinski definition) is 2. The molecule has 2 rings (SSSR count). The van der Waals surface area contributed by atoms with E-state index in [0.29, 0.717) is 17.7 Å². The van der Waals surface area contributed by atoms with Gasteiger partial charge in [0.2, 0.25) is 0 Å². The van der Waals surface area contributed by atoms with E-state index in [1.165, 1.54) is 18.4 Å². The van der Waals surface area contributed by atoms with Crippen molar-refractivity contribution >= 4 is 15.9 Å². The van der Waals surface area contributed by atoms with Crippen LogP contribution in [0.25, 0.3) is 0 Å². The quantitative estimate of drug-likeness (QED) is 0.854. The standard InChI is InChI=1S/C14H13BrF2O2/c1-2-13-8(5-6-19-13)12(18)7-9-11(16)4-3-10(15)14(9)17/h3-6,12,18H,2,7H2,1H3. The summed E-state index contributed by atoms with van der Waals surface area (Å²) < 4.78 is 32.8. The number of furan rings is 1. The fourth-order valence-corrected chi connectivity index (χ4v) is 2.37. The molecule has 102 valence electrons. The summed E-state index contributed by atoms with van der Waals surface area (Å²) in [5.41, 5.74) is 0.436. The van der Waals surface area contributed by atoms with E-state index in [2.05, 4.69) is 15.9 Å². The van der Waals surface area contributed by atoms with Gasteiger partial charge >= 0.3 is 0 Å². The van der Waals surface area contributed by atoms with Gasteiger partial charge in [-0.2, -0.15) is 0 Å². The second-order valence-corrected chi connectivity index (χ2v) is 5.05. The van der Waals surface area contributed by atoms with Gasteiger partial charge in [-0.05, 0) is 34.1 Å². The highest BCUT2D eigenvalue weighted by molar-refractivity contribution is 9.10. The zero-order chi connectivity index (χ0) is 14.0. The van der Waals surface area contributed by atoms with Crippen LogP contribution >= 0.6 is 15.9 Å². The molecule has 2 nitrogen and oxygen atoms in total. The van der Waals surface area contributed by atoms with E-state index in [-0.39, 0.29) is 16.5 Å². The first-order chi connectivity index (χ1) is 9.04. The summed E-state index contributed by atoms with van der Waals surface area (Å²) in [4.78, 5) is 0. The van der Waals surface area contributed by atoms with E-state index in [4.69, 9.17) is 4.42 Å². The minimum absolute atomic E-state index is 0.134. The Balaban J connectivity index is 2.29. The highest BCUT2D eigenvalue weighted by Gasteiger charge is 2.20. The van der Waals surface area contributed by atoms with Gasteiger partial charge in [0, 0.05) is 24.0 Å². The van der Waals surface area contributed by atoms with E-state index < -0.39 is 17.7 Å². The maximum atomic E-state index is 13.8. The van der Waals surface area contributed by atoms with Crippen LogP contribution < -0.4 is 0 Å². The third-order valence-electron chi connectivity index (χ3n) is 3.00. The Labute approximate surface area is 118 Å². The molecule has 19 heavy (non-hydrogen) atoms. The third-order valence-corrected chi connectivity index (χ3v) is 3.61. The van der Waals surface area contributed by atoms with Gasteiger partial charge in [0.15, 0.2) is 0 Å². The van der Waals surface area contributed by atoms with Crippen LogP contribution in [-0.2, 0) is 12.8 Å². The Hall–Kier alpha value is -1.20. The van der Waals surface area contributed by atoms with E-state index in [9.17, 15) is 13.9 Å². The number of benzene rings is 1. The van der Waals surface area contributed by atoms with Crippen LogP contribution in [0.3, 0.4) is 0 Å². The lowest BCUT2D eigenvalue weighted by molar-refractivity contribution is 0.173. The van der Waals surface area contributed by atoms with Crippen molar-refractivity contribution in [2.24, 2.45) is 0 Å². The van der Waals surface area contributed by atoms with Gasteiger partial charge in [-0.25, -0.2) is 8.78 Å². The molecule has 0 aliphatic carbocycles. The molecule has 1 aromatic carbocycles. The van der Waals surface area contributed by atoms with Gasteiger partial charge in [-0.1, -0.05) is 6.92 Å². The number of aliphatic hydroxyl groups is 1. The monoisotopic (exact) mass is 330 g/mol. The molecule has 0 saturated heterocycles. The summed E-state index contributed by atoms with van der Waals surface area (Å²) in [5.74, 6) is -0.717. The predicted octanol–water partition coefficient (Wildman–Crippen LogP) is 4.16. The van der Waals surface area contributed by atoms with Crippen molar-refractivity contribution in [2.45, 2.75) is 25.9 Å². The van der Waals surface area contributed by atoms with Crippen LogP contribution in [0, 0.1) is 11.6 Å². The molecule has 1 heterocycles. The smallest absolute Gasteiger partial charge is 0.143 e. The van der Waals surface area contributed by atoms with Crippen LogP contribution in [0.5, 0.6) is 0 Å². The molecule has 0 aliphatic heterocycles. The lowest BCUT2D eigenvalue weighted by Gasteiger charge is -2.12. The Kier molecular flexibility index (Phi) is 4.37. The fraction of sp³-hybridized carbons (Fsp3) is 0.286. The van der Waals surface area contributed by atoms with Crippen molar-refractivity contribution in [2.75, 3.05) is 0 Å². The zero-order valence-corrected chi connectivity index (χ0v) is 11.9. The molecule has 0 aliphatic rings. The van der Waals surface area contributed by atoms with Crippen LogP contribution in [0.15, 0.2) is 33.4 Å². The molecular weight excluding hydrogens is 318 g/mol. The number of aryl methyl sites for hydroxylation is 1. The Bertz CT molecular complexity index is 581. The third kappa shape index (κ3) is 2.87. The Morgan fingerprint density at radius 2 is 2.05 bits per heavy atom. The average molecular weight is 331 g/mol. The van der Waals surface area contributed by atoms with Crippen molar-refractivity contribution < 1.29 is 18.3 Å². The second-order valence-electron chi connectivity index (χ2n) is 4.19. The second kappa shape index (κ2) is 5.84. The van der Waals surface area contributed by atoms with E-state index >= 15 is 0 Å². The van der Waals surface area contributed by atoms with E-state index in [1.807, 2.05) is 6.92 Å². The molecule has 1 unspecified atom stereocenters. The van der Waals surface area contributed by atoms with Crippen LogP contribution in [-0.4, -0.2) is 5.11 Å². The molecule has 1 atom stereocenters. The number of rotatable bonds is 4. The minimum atomic E-state index is -0.994. The lowest BCUT2D eigenvalue weighted by Crippen LogP contribution is -2.07. The Morgan fingerprint density at radius 1 is 1.32 bits per heavy atom. The molecule has 5 heteroatoms. The highest BCUT2D eigenvalue weighted by atomic mass is 79.9. The van der Waals surface area contributed by atoms with Gasteiger partial charge in [0.05, 0.1) is 16.8 Å². The molecule has 2 aromatic rings. The summed E-state index contributed by atoms with van der Waals surface area (Å²) in [6.45, 7) is 1.88. The molecule has 0 fully saturated rings. The number of aliphatic hydroxyl groups excluding tert-OH is 1. The molecule has 0 amide bonds. The topological polar surface area (TPSA) is 33.4 Å². The lowest BCUT2D eigenvalue weighted by atomic mass is 10.0. The van der Waals surface area contributed by atoms with Gasteiger partial charge in [0.1, 0.15) is 17.4 Å².